The van der Waals surface area contributed by atoms with Crippen molar-refractivity contribution < 1.29 is 14.0 Å². The average molecular weight is 360 g/mol. The molecule has 4 aromatic carbocycles. The Labute approximate surface area is 152 Å². The van der Waals surface area contributed by atoms with Gasteiger partial charge in [0.25, 0.3) is 0 Å². The van der Waals surface area contributed by atoms with E-state index in [0.29, 0.717) is 5.75 Å². The quantitative estimate of drug-likeness (QED) is 0.496. The molecule has 0 bridgehead atoms. The molecule has 0 heterocycles. The molecule has 0 aromatic heterocycles. The largest absolute Gasteiger partial charge is 0.421 e. The molecule has 1 unspecified atom stereocenters. The highest BCUT2D eigenvalue weighted by atomic mass is 31.2. The lowest BCUT2D eigenvalue weighted by Crippen LogP contribution is -2.08. The predicted octanol–water partition coefficient (Wildman–Crippen LogP) is 5.40. The monoisotopic (exact) mass is 360 g/mol. The van der Waals surface area contributed by atoms with E-state index in [2.05, 4.69) is 12.1 Å². The van der Waals surface area contributed by atoms with Gasteiger partial charge < -0.3 is 9.42 Å². The minimum absolute atomic E-state index is 0.272. The van der Waals surface area contributed by atoms with Crippen LogP contribution in [-0.2, 0) is 4.57 Å². The molecule has 0 saturated heterocycles. The zero-order valence-corrected chi connectivity index (χ0v) is 14.8. The summed E-state index contributed by atoms with van der Waals surface area (Å²) >= 11 is 0. The summed E-state index contributed by atoms with van der Waals surface area (Å²) in [6, 6.07) is 29.9. The van der Waals surface area contributed by atoms with E-state index >= 15 is 0 Å². The van der Waals surface area contributed by atoms with Crippen LogP contribution in [0.4, 0.5) is 0 Å². The van der Waals surface area contributed by atoms with Gasteiger partial charge >= 0.3 is 7.60 Å². The van der Waals surface area contributed by atoms with E-state index in [1.807, 2.05) is 42.5 Å². The highest BCUT2D eigenvalue weighted by Gasteiger charge is 2.25. The minimum atomic E-state index is -3.96. The van der Waals surface area contributed by atoms with Crippen molar-refractivity contribution in [2.75, 3.05) is 0 Å². The summed E-state index contributed by atoms with van der Waals surface area (Å²) < 4.78 is 18.3. The van der Waals surface area contributed by atoms with Crippen LogP contribution in [0.3, 0.4) is 0 Å². The van der Waals surface area contributed by atoms with E-state index < -0.39 is 7.60 Å². The van der Waals surface area contributed by atoms with Crippen LogP contribution in [0.2, 0.25) is 0 Å². The fourth-order valence-corrected chi connectivity index (χ4v) is 4.02. The van der Waals surface area contributed by atoms with Gasteiger partial charge in [-0.2, -0.15) is 0 Å². The number of benzene rings is 4. The summed E-state index contributed by atoms with van der Waals surface area (Å²) in [6.07, 6.45) is 0. The zero-order chi connectivity index (χ0) is 18.0. The maximum absolute atomic E-state index is 12.7. The lowest BCUT2D eigenvalue weighted by Gasteiger charge is -2.16. The molecule has 0 fully saturated rings. The van der Waals surface area contributed by atoms with E-state index in [0.717, 1.165) is 21.9 Å². The standard InChI is InChI=1S/C22H17O3P/c23-26(24,20-10-2-1-3-11-20)25-22-13-7-6-12-21(22)19-15-14-17-8-4-5-9-18(17)16-19/h1-16H,(H,23,24). The van der Waals surface area contributed by atoms with Crippen molar-refractivity contribution in [1.82, 2.24) is 0 Å². The first-order valence-corrected chi connectivity index (χ1v) is 9.87. The molecule has 0 spiro atoms. The van der Waals surface area contributed by atoms with Gasteiger partial charge in [-0.25, -0.2) is 4.57 Å². The SMILES string of the molecule is O=P(O)(Oc1ccccc1-c1ccc2ccccc2c1)c1ccccc1. The van der Waals surface area contributed by atoms with E-state index in [-0.39, 0.29) is 5.30 Å². The van der Waals surface area contributed by atoms with Crippen LogP contribution in [0, 0.1) is 0 Å². The van der Waals surface area contributed by atoms with E-state index in [4.69, 9.17) is 4.52 Å². The number of fused-ring (bicyclic) bond motifs is 1. The smallest absolute Gasteiger partial charge is 0.408 e. The molecule has 26 heavy (non-hydrogen) atoms. The Morgan fingerprint density at radius 2 is 1.35 bits per heavy atom. The first kappa shape index (κ1) is 16.6. The number of para-hydroxylation sites is 1. The fraction of sp³-hybridized carbons (Fsp3) is 0. The lowest BCUT2D eigenvalue weighted by atomic mass is 10.0. The molecule has 4 heteroatoms. The van der Waals surface area contributed by atoms with Crippen molar-refractivity contribution in [1.29, 1.82) is 0 Å². The van der Waals surface area contributed by atoms with Crippen molar-refractivity contribution in [3.8, 4) is 16.9 Å². The van der Waals surface area contributed by atoms with Crippen molar-refractivity contribution in [3.05, 3.63) is 97.1 Å². The molecule has 0 amide bonds. The Balaban J connectivity index is 1.76. The van der Waals surface area contributed by atoms with Crippen LogP contribution in [0.1, 0.15) is 0 Å². The topological polar surface area (TPSA) is 46.5 Å². The number of rotatable bonds is 4. The van der Waals surface area contributed by atoms with Crippen LogP contribution in [0.15, 0.2) is 97.1 Å². The molecule has 4 rings (SSSR count). The van der Waals surface area contributed by atoms with E-state index in [9.17, 15) is 9.46 Å². The Hall–Kier alpha value is -2.87. The fourth-order valence-electron chi connectivity index (χ4n) is 2.94. The van der Waals surface area contributed by atoms with Crippen molar-refractivity contribution >= 4 is 23.7 Å². The first-order valence-electron chi connectivity index (χ1n) is 8.30. The molecular formula is C22H17O3P. The summed E-state index contributed by atoms with van der Waals surface area (Å²) in [5.74, 6) is 0.387. The molecule has 0 aliphatic rings. The van der Waals surface area contributed by atoms with Crippen molar-refractivity contribution in [3.63, 3.8) is 0 Å². The van der Waals surface area contributed by atoms with Gasteiger partial charge in [0.2, 0.25) is 0 Å². The van der Waals surface area contributed by atoms with Gasteiger partial charge in [0.05, 0.1) is 5.30 Å². The van der Waals surface area contributed by atoms with Crippen LogP contribution in [0.5, 0.6) is 5.75 Å². The van der Waals surface area contributed by atoms with Crippen LogP contribution in [0.25, 0.3) is 21.9 Å². The molecule has 1 N–H and O–H groups in total. The van der Waals surface area contributed by atoms with Crippen molar-refractivity contribution in [2.24, 2.45) is 0 Å². The molecule has 0 saturated carbocycles. The molecule has 0 radical (unpaired) electrons. The van der Waals surface area contributed by atoms with Gasteiger partial charge in [-0.3, -0.25) is 0 Å². The average Bonchev–Trinajstić information content (AvgIpc) is 2.68. The second-order valence-corrected chi connectivity index (χ2v) is 7.75. The molecular weight excluding hydrogens is 343 g/mol. The maximum Gasteiger partial charge on any atom is 0.408 e. The Bertz CT molecular complexity index is 1110. The third kappa shape index (κ3) is 3.28. The van der Waals surface area contributed by atoms with E-state index in [1.165, 1.54) is 0 Å². The third-order valence-electron chi connectivity index (χ3n) is 4.25. The Morgan fingerprint density at radius 3 is 2.15 bits per heavy atom. The Morgan fingerprint density at radius 1 is 0.692 bits per heavy atom. The van der Waals surface area contributed by atoms with Gasteiger partial charge in [0.15, 0.2) is 0 Å². The van der Waals surface area contributed by atoms with E-state index in [1.54, 1.807) is 42.5 Å². The normalized spacial score (nSPS) is 13.3. The number of hydrogen-bond donors (Lipinski definition) is 1. The van der Waals surface area contributed by atoms with Crippen molar-refractivity contribution in [2.45, 2.75) is 0 Å². The molecule has 3 nitrogen and oxygen atoms in total. The molecule has 4 aromatic rings. The summed E-state index contributed by atoms with van der Waals surface area (Å²) in [6.45, 7) is 0. The highest BCUT2D eigenvalue weighted by molar-refractivity contribution is 7.61. The minimum Gasteiger partial charge on any atom is -0.421 e. The second kappa shape index (κ2) is 6.80. The maximum atomic E-state index is 12.7. The molecule has 128 valence electrons. The van der Waals surface area contributed by atoms with Crippen LogP contribution >= 0.6 is 7.60 Å². The highest BCUT2D eigenvalue weighted by Crippen LogP contribution is 2.45. The summed E-state index contributed by atoms with van der Waals surface area (Å²) in [5.41, 5.74) is 1.72. The Kier molecular flexibility index (Phi) is 4.34. The zero-order valence-electron chi connectivity index (χ0n) is 13.9. The molecule has 0 aliphatic carbocycles. The van der Waals surface area contributed by atoms with Gasteiger partial charge in [0, 0.05) is 5.56 Å². The summed E-state index contributed by atoms with van der Waals surface area (Å²) in [5, 5.41) is 2.52. The predicted molar refractivity (Wildman–Crippen MR) is 106 cm³/mol. The lowest BCUT2D eigenvalue weighted by molar-refractivity contribution is 0.394. The van der Waals surface area contributed by atoms with Crippen LogP contribution < -0.4 is 9.83 Å². The summed E-state index contributed by atoms with van der Waals surface area (Å²) in [7, 11) is -3.96. The van der Waals surface area contributed by atoms with Gasteiger partial charge in [-0.1, -0.05) is 72.8 Å². The van der Waals surface area contributed by atoms with Gasteiger partial charge in [0.1, 0.15) is 5.75 Å². The first-order chi connectivity index (χ1) is 12.6. The third-order valence-corrected chi connectivity index (χ3v) is 5.65. The second-order valence-electron chi connectivity index (χ2n) is 6.01. The summed E-state index contributed by atoms with van der Waals surface area (Å²) in [4.78, 5) is 10.4. The van der Waals surface area contributed by atoms with Gasteiger partial charge in [-0.15, -0.1) is 0 Å². The molecule has 0 aliphatic heterocycles. The van der Waals surface area contributed by atoms with Gasteiger partial charge in [-0.05, 0) is 40.6 Å². The number of hydrogen-bond acceptors (Lipinski definition) is 2. The molecule has 1 atom stereocenters. The van der Waals surface area contributed by atoms with Crippen LogP contribution in [-0.4, -0.2) is 4.89 Å².